The molecule has 0 radical (unpaired) electrons. The minimum Gasteiger partial charge on any atom is -0.497 e. The Hall–Kier alpha value is -2.33. The van der Waals surface area contributed by atoms with E-state index >= 15 is 0 Å². The van der Waals surface area contributed by atoms with E-state index < -0.39 is 6.04 Å². The van der Waals surface area contributed by atoms with Crippen LogP contribution in [0, 0.1) is 0 Å². The minimum absolute atomic E-state index is 0.0629. The lowest BCUT2D eigenvalue weighted by atomic mass is 9.88. The van der Waals surface area contributed by atoms with Gasteiger partial charge >= 0.3 is 0 Å². The molecule has 3 rings (SSSR count). The first kappa shape index (κ1) is 12.7. The van der Waals surface area contributed by atoms with Crippen LogP contribution >= 0.6 is 0 Å². The van der Waals surface area contributed by atoms with Gasteiger partial charge in [0.15, 0.2) is 0 Å². The van der Waals surface area contributed by atoms with Crippen molar-refractivity contribution in [2.75, 3.05) is 12.0 Å². The second-order valence-electron chi connectivity index (χ2n) is 4.79. The first-order valence-electron chi connectivity index (χ1n) is 6.50. The summed E-state index contributed by atoms with van der Waals surface area (Å²) in [4.78, 5) is 13.8. The maximum absolute atomic E-state index is 12.1. The topological polar surface area (TPSA) is 55.6 Å². The molecule has 0 aliphatic carbocycles. The van der Waals surface area contributed by atoms with Crippen molar-refractivity contribution in [3.63, 3.8) is 0 Å². The average Bonchev–Trinajstić information content (AvgIpc) is 2.52. The molecule has 2 atom stereocenters. The van der Waals surface area contributed by atoms with Crippen molar-refractivity contribution in [3.05, 3.63) is 60.2 Å². The van der Waals surface area contributed by atoms with Crippen molar-refractivity contribution in [1.29, 1.82) is 0 Å². The third-order valence-electron chi connectivity index (χ3n) is 3.61. The molecule has 0 spiro atoms. The zero-order chi connectivity index (χ0) is 14.1. The molecule has 1 saturated heterocycles. The van der Waals surface area contributed by atoms with Crippen molar-refractivity contribution in [3.8, 4) is 5.75 Å². The third-order valence-corrected chi connectivity index (χ3v) is 3.61. The van der Waals surface area contributed by atoms with Gasteiger partial charge in [0, 0.05) is 11.8 Å². The molecule has 1 fully saturated rings. The van der Waals surface area contributed by atoms with Crippen LogP contribution in [0.1, 0.15) is 11.6 Å². The van der Waals surface area contributed by atoms with E-state index in [1.54, 1.807) is 12.0 Å². The molecule has 102 valence electrons. The zero-order valence-corrected chi connectivity index (χ0v) is 11.2. The highest BCUT2D eigenvalue weighted by atomic mass is 16.5. The number of nitrogens with zero attached hydrogens (tertiary/aromatic N) is 1. The fourth-order valence-corrected chi connectivity index (χ4v) is 2.57. The van der Waals surface area contributed by atoms with Crippen LogP contribution in [0.25, 0.3) is 0 Å². The number of hydrogen-bond acceptors (Lipinski definition) is 3. The van der Waals surface area contributed by atoms with Crippen LogP contribution in [0.5, 0.6) is 5.75 Å². The fraction of sp³-hybridized carbons (Fsp3) is 0.188. The summed E-state index contributed by atoms with van der Waals surface area (Å²) in [5.41, 5.74) is 7.83. The Morgan fingerprint density at radius 2 is 1.85 bits per heavy atom. The Morgan fingerprint density at radius 3 is 2.55 bits per heavy atom. The van der Waals surface area contributed by atoms with Gasteiger partial charge in [-0.3, -0.25) is 4.79 Å². The molecular weight excluding hydrogens is 252 g/mol. The third kappa shape index (κ3) is 1.94. The first-order valence-corrected chi connectivity index (χ1v) is 6.50. The maximum Gasteiger partial charge on any atom is 0.247 e. The summed E-state index contributed by atoms with van der Waals surface area (Å²) in [6, 6.07) is 16.7. The number of benzene rings is 2. The quantitative estimate of drug-likeness (QED) is 0.867. The lowest BCUT2D eigenvalue weighted by molar-refractivity contribution is -0.126. The molecule has 1 aliphatic rings. The predicted octanol–water partition coefficient (Wildman–Crippen LogP) is 2.11. The monoisotopic (exact) mass is 268 g/mol. The molecule has 4 heteroatoms. The van der Waals surface area contributed by atoms with Gasteiger partial charge in [-0.05, 0) is 17.7 Å². The lowest BCUT2D eigenvalue weighted by Crippen LogP contribution is -2.63. The summed E-state index contributed by atoms with van der Waals surface area (Å²) in [5.74, 6) is 0.662. The van der Waals surface area contributed by atoms with E-state index in [1.807, 2.05) is 54.6 Å². The number of ether oxygens (including phenoxy) is 1. The second-order valence-corrected chi connectivity index (χ2v) is 4.79. The van der Waals surface area contributed by atoms with Crippen LogP contribution in [0.3, 0.4) is 0 Å². The average molecular weight is 268 g/mol. The van der Waals surface area contributed by atoms with Crippen molar-refractivity contribution >= 4 is 11.6 Å². The van der Waals surface area contributed by atoms with Gasteiger partial charge in [-0.15, -0.1) is 0 Å². The molecule has 2 aromatic carbocycles. The summed E-state index contributed by atoms with van der Waals surface area (Å²) in [5, 5.41) is 0. The van der Waals surface area contributed by atoms with Crippen LogP contribution in [0.15, 0.2) is 54.6 Å². The van der Waals surface area contributed by atoms with E-state index in [1.165, 1.54) is 0 Å². The van der Waals surface area contributed by atoms with Gasteiger partial charge < -0.3 is 15.4 Å². The van der Waals surface area contributed by atoms with Crippen molar-refractivity contribution in [2.24, 2.45) is 5.73 Å². The normalized spacial score (nSPS) is 21.5. The predicted molar refractivity (Wildman–Crippen MR) is 77.6 cm³/mol. The fourth-order valence-electron chi connectivity index (χ4n) is 2.57. The van der Waals surface area contributed by atoms with E-state index in [4.69, 9.17) is 10.5 Å². The number of carbonyl (C=O) groups is 1. The molecule has 4 nitrogen and oxygen atoms in total. The number of hydrogen-bond donors (Lipinski definition) is 1. The highest BCUT2D eigenvalue weighted by Crippen LogP contribution is 2.38. The summed E-state index contributed by atoms with van der Waals surface area (Å²) in [6.07, 6.45) is 0. The van der Waals surface area contributed by atoms with Crippen molar-refractivity contribution in [2.45, 2.75) is 12.1 Å². The molecule has 0 aromatic heterocycles. The Kier molecular flexibility index (Phi) is 3.16. The minimum atomic E-state index is -0.483. The summed E-state index contributed by atoms with van der Waals surface area (Å²) in [7, 11) is 1.61. The van der Waals surface area contributed by atoms with Gasteiger partial charge in [0.1, 0.15) is 11.8 Å². The van der Waals surface area contributed by atoms with Crippen LogP contribution in [-0.2, 0) is 4.79 Å². The van der Waals surface area contributed by atoms with Crippen molar-refractivity contribution < 1.29 is 9.53 Å². The molecule has 2 N–H and O–H groups in total. The maximum atomic E-state index is 12.1. The van der Waals surface area contributed by atoms with Gasteiger partial charge in [-0.2, -0.15) is 0 Å². The van der Waals surface area contributed by atoms with E-state index in [-0.39, 0.29) is 11.9 Å². The smallest absolute Gasteiger partial charge is 0.247 e. The van der Waals surface area contributed by atoms with Crippen LogP contribution in [0.2, 0.25) is 0 Å². The number of anilines is 1. The largest absolute Gasteiger partial charge is 0.497 e. The van der Waals surface area contributed by atoms with E-state index in [0.29, 0.717) is 0 Å². The first-order chi connectivity index (χ1) is 9.72. The number of amides is 1. The lowest BCUT2D eigenvalue weighted by Gasteiger charge is -2.45. The molecule has 1 aliphatic heterocycles. The SMILES string of the molecule is COc1cccc(N2C(=O)[C@@H](N)[C@@H]2c2ccccc2)c1. The summed E-state index contributed by atoms with van der Waals surface area (Å²) in [6.45, 7) is 0. The molecule has 2 aromatic rings. The van der Waals surface area contributed by atoms with Crippen molar-refractivity contribution in [1.82, 2.24) is 0 Å². The highest BCUT2D eigenvalue weighted by molar-refractivity contribution is 6.05. The van der Waals surface area contributed by atoms with Crippen LogP contribution < -0.4 is 15.4 Å². The van der Waals surface area contributed by atoms with Crippen LogP contribution in [-0.4, -0.2) is 19.1 Å². The van der Waals surface area contributed by atoms with Gasteiger partial charge in [0.25, 0.3) is 0 Å². The molecular formula is C16H16N2O2. The molecule has 20 heavy (non-hydrogen) atoms. The molecule has 0 bridgehead atoms. The van der Waals surface area contributed by atoms with E-state index in [2.05, 4.69) is 0 Å². The summed E-state index contributed by atoms with van der Waals surface area (Å²) >= 11 is 0. The van der Waals surface area contributed by atoms with Gasteiger partial charge in [-0.25, -0.2) is 0 Å². The zero-order valence-electron chi connectivity index (χ0n) is 11.2. The highest BCUT2D eigenvalue weighted by Gasteiger charge is 2.46. The second kappa shape index (κ2) is 4.98. The van der Waals surface area contributed by atoms with E-state index in [9.17, 15) is 4.79 Å². The molecule has 1 amide bonds. The van der Waals surface area contributed by atoms with Gasteiger partial charge in [0.2, 0.25) is 5.91 Å². The Morgan fingerprint density at radius 1 is 1.10 bits per heavy atom. The summed E-state index contributed by atoms with van der Waals surface area (Å²) < 4.78 is 5.21. The number of rotatable bonds is 3. The number of β-lactam (4-membered cyclic amide) rings is 1. The Balaban J connectivity index is 1.97. The number of nitrogens with two attached hydrogens (primary N) is 1. The molecule has 0 unspecified atom stereocenters. The van der Waals surface area contributed by atoms with Gasteiger partial charge in [0.05, 0.1) is 13.2 Å². The number of methoxy groups -OCH3 is 1. The van der Waals surface area contributed by atoms with E-state index in [0.717, 1.165) is 17.0 Å². The van der Waals surface area contributed by atoms with Crippen LogP contribution in [0.4, 0.5) is 5.69 Å². The number of carbonyl (C=O) groups excluding carboxylic acids is 1. The molecule has 1 heterocycles. The Bertz CT molecular complexity index is 627. The standard InChI is InChI=1S/C16H16N2O2/c1-20-13-9-5-8-12(10-13)18-15(14(17)16(18)19)11-6-3-2-4-7-11/h2-10,14-15H,17H2,1H3/t14-,15-/m0/s1. The molecule has 0 saturated carbocycles. The van der Waals surface area contributed by atoms with Gasteiger partial charge in [-0.1, -0.05) is 36.4 Å². The Labute approximate surface area is 117 Å².